The maximum atomic E-state index is 6.27. The number of nitrogens with two attached hydrogens (primary N) is 1. The second-order valence-corrected chi connectivity index (χ2v) is 5.70. The van der Waals surface area contributed by atoms with Crippen molar-refractivity contribution in [3.63, 3.8) is 0 Å². The Labute approximate surface area is 118 Å². The van der Waals surface area contributed by atoms with Crippen LogP contribution in [0.1, 0.15) is 25.3 Å². The topological polar surface area (TPSA) is 35.2 Å². The average Bonchev–Trinajstić information content (AvgIpc) is 3.14. The molecule has 2 unspecified atom stereocenters. The van der Waals surface area contributed by atoms with Crippen LogP contribution in [0.3, 0.4) is 0 Å². The molecule has 2 atom stereocenters. The van der Waals surface area contributed by atoms with E-state index in [0.717, 1.165) is 10.6 Å². The monoisotopic (exact) mass is 287 g/mol. The molecule has 0 aliphatic heterocycles. The highest BCUT2D eigenvalue weighted by molar-refractivity contribution is 6.33. The van der Waals surface area contributed by atoms with E-state index in [-0.39, 0.29) is 12.1 Å². The van der Waals surface area contributed by atoms with Gasteiger partial charge in [-0.05, 0) is 55.9 Å². The Kier molecular flexibility index (Phi) is 4.91. The second-order valence-electron chi connectivity index (χ2n) is 4.86. The summed E-state index contributed by atoms with van der Waals surface area (Å²) in [6.45, 7) is 2.71. The predicted octanol–water partition coefficient (Wildman–Crippen LogP) is 3.68. The van der Waals surface area contributed by atoms with E-state index < -0.39 is 0 Å². The summed E-state index contributed by atoms with van der Waals surface area (Å²) in [5, 5.41) is 1.42. The van der Waals surface area contributed by atoms with Gasteiger partial charge in [-0.3, -0.25) is 0 Å². The van der Waals surface area contributed by atoms with Crippen molar-refractivity contribution >= 4 is 23.2 Å². The van der Waals surface area contributed by atoms with Crippen molar-refractivity contribution in [3.05, 3.63) is 33.8 Å². The smallest absolute Gasteiger partial charge is 0.0757 e. The van der Waals surface area contributed by atoms with Gasteiger partial charge in [0.15, 0.2) is 0 Å². The van der Waals surface area contributed by atoms with E-state index in [9.17, 15) is 0 Å². The van der Waals surface area contributed by atoms with E-state index in [1.165, 1.54) is 12.8 Å². The Morgan fingerprint density at radius 3 is 2.72 bits per heavy atom. The van der Waals surface area contributed by atoms with Gasteiger partial charge in [-0.2, -0.15) is 0 Å². The Morgan fingerprint density at radius 1 is 1.39 bits per heavy atom. The highest BCUT2D eigenvalue weighted by atomic mass is 35.5. The van der Waals surface area contributed by atoms with Crippen molar-refractivity contribution in [2.24, 2.45) is 11.7 Å². The van der Waals surface area contributed by atoms with Gasteiger partial charge >= 0.3 is 0 Å². The molecule has 18 heavy (non-hydrogen) atoms. The maximum absolute atomic E-state index is 6.27. The van der Waals surface area contributed by atoms with Crippen LogP contribution in [0.25, 0.3) is 0 Å². The molecule has 1 aliphatic carbocycles. The van der Waals surface area contributed by atoms with Crippen molar-refractivity contribution in [1.82, 2.24) is 0 Å². The number of ether oxygens (including phenoxy) is 1. The molecule has 0 aromatic heterocycles. The zero-order chi connectivity index (χ0) is 13.1. The molecule has 0 heterocycles. The SMILES string of the molecule is CCOC(C(N)Cc1cc(Cl)ccc1Cl)C1CC1. The normalized spacial score (nSPS) is 18.7. The van der Waals surface area contributed by atoms with Crippen LogP contribution in [0, 0.1) is 5.92 Å². The molecule has 0 radical (unpaired) electrons. The summed E-state index contributed by atoms with van der Waals surface area (Å²) >= 11 is 12.1. The maximum Gasteiger partial charge on any atom is 0.0757 e. The Bertz CT molecular complexity index is 407. The van der Waals surface area contributed by atoms with Gasteiger partial charge in [-0.15, -0.1) is 0 Å². The molecular weight excluding hydrogens is 269 g/mol. The molecule has 1 aromatic rings. The molecule has 2 N–H and O–H groups in total. The third kappa shape index (κ3) is 3.61. The van der Waals surface area contributed by atoms with Crippen molar-refractivity contribution in [3.8, 4) is 0 Å². The largest absolute Gasteiger partial charge is 0.377 e. The molecule has 1 aromatic carbocycles. The molecule has 4 heteroatoms. The molecule has 2 rings (SSSR count). The van der Waals surface area contributed by atoms with Gasteiger partial charge < -0.3 is 10.5 Å². The lowest BCUT2D eigenvalue weighted by Crippen LogP contribution is -2.40. The van der Waals surface area contributed by atoms with Crippen LogP contribution in [0.15, 0.2) is 18.2 Å². The molecule has 1 fully saturated rings. The molecule has 1 saturated carbocycles. The van der Waals surface area contributed by atoms with Crippen molar-refractivity contribution in [2.45, 2.75) is 38.3 Å². The van der Waals surface area contributed by atoms with Crippen LogP contribution in [-0.2, 0) is 11.2 Å². The lowest BCUT2D eigenvalue weighted by Gasteiger charge is -2.24. The van der Waals surface area contributed by atoms with Crippen LogP contribution in [0.2, 0.25) is 10.0 Å². The predicted molar refractivity (Wildman–Crippen MR) is 76.3 cm³/mol. The Morgan fingerprint density at radius 2 is 2.11 bits per heavy atom. The summed E-state index contributed by atoms with van der Waals surface area (Å²) in [5.41, 5.74) is 7.27. The van der Waals surface area contributed by atoms with E-state index in [1.54, 1.807) is 6.07 Å². The quantitative estimate of drug-likeness (QED) is 0.866. The number of rotatable bonds is 6. The summed E-state index contributed by atoms with van der Waals surface area (Å²) in [5.74, 6) is 0.623. The minimum absolute atomic E-state index is 0.0200. The lowest BCUT2D eigenvalue weighted by molar-refractivity contribution is 0.0288. The number of benzene rings is 1. The first-order valence-electron chi connectivity index (χ1n) is 6.43. The first kappa shape index (κ1) is 14.1. The summed E-state index contributed by atoms with van der Waals surface area (Å²) < 4.78 is 5.77. The third-order valence-electron chi connectivity index (χ3n) is 3.33. The summed E-state index contributed by atoms with van der Waals surface area (Å²) in [6, 6.07) is 5.48. The summed E-state index contributed by atoms with van der Waals surface area (Å²) in [4.78, 5) is 0. The molecule has 0 spiro atoms. The van der Waals surface area contributed by atoms with Crippen molar-refractivity contribution < 1.29 is 4.74 Å². The third-order valence-corrected chi connectivity index (χ3v) is 3.93. The standard InChI is InChI=1S/C14H19Cl2NO/c1-2-18-14(9-3-4-9)13(17)8-10-7-11(15)5-6-12(10)16/h5-7,9,13-14H,2-4,8,17H2,1H3. The fraction of sp³-hybridized carbons (Fsp3) is 0.571. The van der Waals surface area contributed by atoms with Gasteiger partial charge in [0, 0.05) is 22.7 Å². The van der Waals surface area contributed by atoms with Crippen LogP contribution < -0.4 is 5.73 Å². The minimum atomic E-state index is -0.0200. The van der Waals surface area contributed by atoms with Gasteiger partial charge in [0.25, 0.3) is 0 Å². The molecule has 2 nitrogen and oxygen atoms in total. The van der Waals surface area contributed by atoms with Gasteiger partial charge in [0.2, 0.25) is 0 Å². The van der Waals surface area contributed by atoms with Gasteiger partial charge in [-0.25, -0.2) is 0 Å². The van der Waals surface area contributed by atoms with E-state index in [0.29, 0.717) is 24.0 Å². The molecule has 0 bridgehead atoms. The number of halogens is 2. The van der Waals surface area contributed by atoms with Gasteiger partial charge in [0.05, 0.1) is 6.10 Å². The molecule has 0 saturated heterocycles. The Balaban J connectivity index is 2.04. The number of hydrogen-bond acceptors (Lipinski definition) is 2. The fourth-order valence-corrected chi connectivity index (χ4v) is 2.69. The fourth-order valence-electron chi connectivity index (χ4n) is 2.30. The van der Waals surface area contributed by atoms with Crippen LogP contribution in [0.4, 0.5) is 0 Å². The second kappa shape index (κ2) is 6.25. The zero-order valence-electron chi connectivity index (χ0n) is 10.5. The Hall–Kier alpha value is -0.280. The van der Waals surface area contributed by atoms with Crippen molar-refractivity contribution in [2.75, 3.05) is 6.61 Å². The van der Waals surface area contributed by atoms with Crippen LogP contribution in [0.5, 0.6) is 0 Å². The highest BCUT2D eigenvalue weighted by Gasteiger charge is 2.35. The van der Waals surface area contributed by atoms with E-state index in [4.69, 9.17) is 33.7 Å². The highest BCUT2D eigenvalue weighted by Crippen LogP contribution is 2.36. The summed E-state index contributed by atoms with van der Waals surface area (Å²) in [7, 11) is 0. The van der Waals surface area contributed by atoms with E-state index in [2.05, 4.69) is 0 Å². The van der Waals surface area contributed by atoms with E-state index in [1.807, 2.05) is 19.1 Å². The first-order chi connectivity index (χ1) is 8.61. The van der Waals surface area contributed by atoms with Crippen molar-refractivity contribution in [1.29, 1.82) is 0 Å². The first-order valence-corrected chi connectivity index (χ1v) is 7.18. The van der Waals surface area contributed by atoms with E-state index >= 15 is 0 Å². The molecule has 100 valence electrons. The van der Waals surface area contributed by atoms with Gasteiger partial charge in [-0.1, -0.05) is 23.2 Å². The molecular formula is C14H19Cl2NO. The van der Waals surface area contributed by atoms with Crippen LogP contribution >= 0.6 is 23.2 Å². The van der Waals surface area contributed by atoms with Gasteiger partial charge in [0.1, 0.15) is 0 Å². The molecule has 0 amide bonds. The lowest BCUT2D eigenvalue weighted by atomic mass is 9.99. The number of hydrogen-bond donors (Lipinski definition) is 1. The average molecular weight is 288 g/mol. The zero-order valence-corrected chi connectivity index (χ0v) is 12.0. The summed E-state index contributed by atoms with van der Waals surface area (Å²) in [6.07, 6.45) is 3.30. The molecule has 1 aliphatic rings. The minimum Gasteiger partial charge on any atom is -0.377 e. The van der Waals surface area contributed by atoms with Crippen LogP contribution in [-0.4, -0.2) is 18.8 Å².